The number of aromatic nitrogens is 1. The van der Waals surface area contributed by atoms with Crippen LogP contribution in [0.5, 0.6) is 0 Å². The maximum atomic E-state index is 9.66. The van der Waals surface area contributed by atoms with E-state index in [-0.39, 0.29) is 6.10 Å². The summed E-state index contributed by atoms with van der Waals surface area (Å²) in [5.74, 6) is 0. The summed E-state index contributed by atoms with van der Waals surface area (Å²) in [6, 6.07) is 8.18. The molecule has 1 N–H and O–H groups in total. The van der Waals surface area contributed by atoms with Crippen LogP contribution in [0.3, 0.4) is 0 Å². The quantitative estimate of drug-likeness (QED) is 0.856. The predicted molar refractivity (Wildman–Crippen MR) is 82.7 cm³/mol. The summed E-state index contributed by atoms with van der Waals surface area (Å²) in [5, 5.41) is 10.8. The highest BCUT2D eigenvalue weighted by molar-refractivity contribution is 5.98. The molecule has 0 bridgehead atoms. The van der Waals surface area contributed by atoms with Crippen molar-refractivity contribution >= 4 is 22.3 Å². The van der Waals surface area contributed by atoms with Gasteiger partial charge >= 0.3 is 0 Å². The molecule has 2 aromatic rings. The highest BCUT2D eigenvalue weighted by Gasteiger charge is 2.10. The summed E-state index contributed by atoms with van der Waals surface area (Å²) in [6.45, 7) is 4.11. The van der Waals surface area contributed by atoms with Crippen LogP contribution < -0.4 is 0 Å². The second-order valence-electron chi connectivity index (χ2n) is 5.38. The second kappa shape index (κ2) is 5.17. The van der Waals surface area contributed by atoms with Gasteiger partial charge in [0.05, 0.1) is 17.3 Å². The molecule has 0 amide bonds. The number of aryl methyl sites for hydroxylation is 2. The van der Waals surface area contributed by atoms with Crippen LogP contribution in [-0.2, 0) is 0 Å². The number of aliphatic imine (C=N–C) groups is 1. The summed E-state index contributed by atoms with van der Waals surface area (Å²) in [4.78, 5) is 9.18. The Bertz CT molecular complexity index is 716. The minimum Gasteiger partial charge on any atom is -0.392 e. The first-order chi connectivity index (χ1) is 9.61. The number of aliphatic hydroxyl groups is 1. The van der Waals surface area contributed by atoms with Gasteiger partial charge in [-0.25, -0.2) is 0 Å². The number of benzene rings is 1. The first-order valence-corrected chi connectivity index (χ1v) is 6.92. The van der Waals surface area contributed by atoms with E-state index in [0.29, 0.717) is 6.42 Å². The van der Waals surface area contributed by atoms with Crippen LogP contribution in [0.25, 0.3) is 10.9 Å². The predicted octanol–water partition coefficient (Wildman–Crippen LogP) is 3.64. The van der Waals surface area contributed by atoms with Gasteiger partial charge in [-0.05, 0) is 50.1 Å². The number of fused-ring (bicyclic) bond motifs is 1. The van der Waals surface area contributed by atoms with Crippen molar-refractivity contribution in [1.29, 1.82) is 0 Å². The van der Waals surface area contributed by atoms with Crippen molar-refractivity contribution in [1.82, 2.24) is 4.98 Å². The maximum absolute atomic E-state index is 9.66. The summed E-state index contributed by atoms with van der Waals surface area (Å²) >= 11 is 0. The molecule has 0 radical (unpaired) electrons. The van der Waals surface area contributed by atoms with Gasteiger partial charge in [-0.1, -0.05) is 12.1 Å². The molecule has 1 heterocycles. The number of rotatable bonds is 1. The van der Waals surface area contributed by atoms with Crippen LogP contribution in [0.4, 0.5) is 5.69 Å². The molecule has 1 aromatic heterocycles. The van der Waals surface area contributed by atoms with Gasteiger partial charge in [-0.3, -0.25) is 9.98 Å². The zero-order valence-electron chi connectivity index (χ0n) is 11.8. The summed E-state index contributed by atoms with van der Waals surface area (Å²) < 4.78 is 0. The lowest BCUT2D eigenvalue weighted by Crippen LogP contribution is -2.14. The van der Waals surface area contributed by atoms with Crippen LogP contribution in [0.2, 0.25) is 0 Å². The van der Waals surface area contributed by atoms with Crippen LogP contribution in [0.1, 0.15) is 24.1 Å². The van der Waals surface area contributed by atoms with Crippen LogP contribution >= 0.6 is 0 Å². The number of hydrogen-bond acceptors (Lipinski definition) is 3. The molecule has 1 aliphatic carbocycles. The van der Waals surface area contributed by atoms with Crippen molar-refractivity contribution in [2.75, 3.05) is 0 Å². The third kappa shape index (κ3) is 2.63. The molecule has 1 atom stereocenters. The molecule has 1 aromatic carbocycles. The van der Waals surface area contributed by atoms with Gasteiger partial charge in [0.25, 0.3) is 0 Å². The summed E-state index contributed by atoms with van der Waals surface area (Å²) in [7, 11) is 0. The van der Waals surface area contributed by atoms with E-state index in [2.05, 4.69) is 29.0 Å². The lowest BCUT2D eigenvalue weighted by molar-refractivity contribution is 0.184. The van der Waals surface area contributed by atoms with Crippen molar-refractivity contribution in [3.05, 3.63) is 47.7 Å². The molecule has 102 valence electrons. The molecule has 1 aliphatic rings. The molecule has 0 saturated heterocycles. The van der Waals surface area contributed by atoms with Crippen molar-refractivity contribution < 1.29 is 5.11 Å². The Hall–Kier alpha value is -2.00. The fourth-order valence-electron chi connectivity index (χ4n) is 2.63. The molecular weight excluding hydrogens is 248 g/mol. The van der Waals surface area contributed by atoms with Crippen LogP contribution in [0.15, 0.2) is 41.4 Å². The highest BCUT2D eigenvalue weighted by Crippen LogP contribution is 2.24. The van der Waals surface area contributed by atoms with Crippen molar-refractivity contribution in [2.45, 2.75) is 32.8 Å². The van der Waals surface area contributed by atoms with E-state index in [4.69, 9.17) is 0 Å². The number of allylic oxidation sites excluding steroid dienone is 1. The van der Waals surface area contributed by atoms with Crippen LogP contribution in [0, 0.1) is 13.8 Å². The Kier molecular flexibility index (Phi) is 3.36. The molecule has 0 fully saturated rings. The number of hydrogen-bond donors (Lipinski definition) is 1. The van der Waals surface area contributed by atoms with Crippen LogP contribution in [-0.4, -0.2) is 21.9 Å². The fraction of sp³-hybridized carbons (Fsp3) is 0.294. The second-order valence-corrected chi connectivity index (χ2v) is 5.38. The molecule has 3 nitrogen and oxygen atoms in total. The van der Waals surface area contributed by atoms with Gasteiger partial charge in [-0.2, -0.15) is 0 Å². The zero-order chi connectivity index (χ0) is 14.1. The Labute approximate surface area is 118 Å². The average molecular weight is 266 g/mol. The molecule has 0 aliphatic heterocycles. The largest absolute Gasteiger partial charge is 0.392 e. The van der Waals surface area contributed by atoms with Gasteiger partial charge in [0.1, 0.15) is 0 Å². The lowest BCUT2D eigenvalue weighted by Gasteiger charge is -2.13. The minimum atomic E-state index is -0.304. The normalized spacial score (nSPS) is 20.8. The van der Waals surface area contributed by atoms with E-state index >= 15 is 0 Å². The number of nitrogens with zero attached hydrogens (tertiary/aromatic N) is 2. The average Bonchev–Trinajstić information content (AvgIpc) is 2.38. The summed E-state index contributed by atoms with van der Waals surface area (Å²) in [6.07, 6.45) is 5.00. The van der Waals surface area contributed by atoms with E-state index in [1.165, 1.54) is 10.9 Å². The van der Waals surface area contributed by atoms with Gasteiger partial charge < -0.3 is 5.11 Å². The molecule has 0 saturated carbocycles. The van der Waals surface area contributed by atoms with Gasteiger partial charge in [0.2, 0.25) is 0 Å². The molecular formula is C17H18N2O. The van der Waals surface area contributed by atoms with E-state index < -0.39 is 0 Å². The minimum absolute atomic E-state index is 0.304. The molecule has 20 heavy (non-hydrogen) atoms. The summed E-state index contributed by atoms with van der Waals surface area (Å²) in [5.41, 5.74) is 5.05. The SMILES string of the molecule is Cc1cc(C)c2ccc(N=C3C=CCC(O)C3)cc2n1. The number of aliphatic hydroxyl groups excluding tert-OH is 1. The lowest BCUT2D eigenvalue weighted by atomic mass is 10.0. The number of pyridine rings is 1. The Morgan fingerprint density at radius 2 is 2.10 bits per heavy atom. The highest BCUT2D eigenvalue weighted by atomic mass is 16.3. The van der Waals surface area contributed by atoms with Gasteiger partial charge in [0, 0.05) is 23.2 Å². The first-order valence-electron chi connectivity index (χ1n) is 6.92. The van der Waals surface area contributed by atoms with E-state index in [0.717, 1.165) is 29.0 Å². The van der Waals surface area contributed by atoms with Crippen molar-refractivity contribution in [3.8, 4) is 0 Å². The molecule has 0 spiro atoms. The molecule has 3 rings (SSSR count). The third-order valence-electron chi connectivity index (χ3n) is 3.56. The molecule has 1 unspecified atom stereocenters. The standard InChI is InChI=1S/C17H18N2O/c1-11-8-12(2)18-17-10-14(6-7-16(11)17)19-13-4-3-5-15(20)9-13/h3-4,6-8,10,15,20H,5,9H2,1-2H3. The monoisotopic (exact) mass is 266 g/mol. The van der Waals surface area contributed by atoms with E-state index in [9.17, 15) is 5.11 Å². The Balaban J connectivity index is 2.03. The van der Waals surface area contributed by atoms with E-state index in [1.807, 2.05) is 31.2 Å². The third-order valence-corrected chi connectivity index (χ3v) is 3.56. The topological polar surface area (TPSA) is 45.5 Å². The Morgan fingerprint density at radius 1 is 1.25 bits per heavy atom. The first kappa shape index (κ1) is 13.0. The molecule has 3 heteroatoms. The van der Waals surface area contributed by atoms with Gasteiger partial charge in [0.15, 0.2) is 0 Å². The van der Waals surface area contributed by atoms with Gasteiger partial charge in [-0.15, -0.1) is 0 Å². The fourth-order valence-corrected chi connectivity index (χ4v) is 2.63. The van der Waals surface area contributed by atoms with E-state index in [1.54, 1.807) is 0 Å². The van der Waals surface area contributed by atoms with Crippen molar-refractivity contribution in [3.63, 3.8) is 0 Å². The Morgan fingerprint density at radius 3 is 2.90 bits per heavy atom. The van der Waals surface area contributed by atoms with Crippen molar-refractivity contribution in [2.24, 2.45) is 4.99 Å². The smallest absolute Gasteiger partial charge is 0.0729 e. The maximum Gasteiger partial charge on any atom is 0.0729 e. The zero-order valence-corrected chi connectivity index (χ0v) is 11.8.